The molecule has 24 heavy (non-hydrogen) atoms. The molecule has 0 atom stereocenters. The lowest BCUT2D eigenvalue weighted by Crippen LogP contribution is -2.31. The van der Waals surface area contributed by atoms with Crippen molar-refractivity contribution in [2.75, 3.05) is 13.1 Å². The molecule has 4 nitrogen and oxygen atoms in total. The second kappa shape index (κ2) is 9.08. The van der Waals surface area contributed by atoms with Crippen molar-refractivity contribution in [2.24, 2.45) is 0 Å². The van der Waals surface area contributed by atoms with Crippen LogP contribution in [0.3, 0.4) is 0 Å². The Balaban J connectivity index is 1.69. The number of carbonyl (C=O) groups excluding carboxylic acids is 1. The van der Waals surface area contributed by atoms with Crippen LogP contribution in [-0.2, 0) is 6.54 Å². The van der Waals surface area contributed by atoms with Gasteiger partial charge in [0.1, 0.15) is 5.75 Å². The summed E-state index contributed by atoms with van der Waals surface area (Å²) in [5, 5.41) is 6.24. The number of ether oxygens (including phenoxy) is 1. The second-order valence-corrected chi connectivity index (χ2v) is 6.11. The van der Waals surface area contributed by atoms with Crippen LogP contribution in [0.1, 0.15) is 35.3 Å². The Morgan fingerprint density at radius 2 is 1.83 bits per heavy atom. The second-order valence-electron chi connectivity index (χ2n) is 6.11. The maximum absolute atomic E-state index is 12.0. The van der Waals surface area contributed by atoms with Crippen LogP contribution >= 0.6 is 0 Å². The van der Waals surface area contributed by atoms with E-state index in [1.165, 1.54) is 0 Å². The summed E-state index contributed by atoms with van der Waals surface area (Å²) in [4.78, 5) is 12.0. The van der Waals surface area contributed by atoms with Crippen molar-refractivity contribution in [1.82, 2.24) is 10.6 Å². The molecule has 2 aromatic carbocycles. The Bertz CT molecular complexity index is 651. The standard InChI is InChI=1S/C20H26N2O2/c1-15(2)24-19-6-4-5-17(13-19)14-21-11-12-22-20(23)18-9-7-16(3)8-10-18/h4-10,13,15,21H,11-12,14H2,1-3H3,(H,22,23). The lowest BCUT2D eigenvalue weighted by molar-refractivity contribution is 0.0954. The van der Waals surface area contributed by atoms with Crippen molar-refractivity contribution in [3.05, 3.63) is 65.2 Å². The predicted octanol–water partition coefficient (Wildman–Crippen LogP) is 3.30. The van der Waals surface area contributed by atoms with Crippen molar-refractivity contribution in [2.45, 2.75) is 33.4 Å². The maximum atomic E-state index is 12.0. The molecule has 0 bridgehead atoms. The van der Waals surface area contributed by atoms with Crippen LogP contribution in [0, 0.1) is 6.92 Å². The molecule has 0 unspecified atom stereocenters. The van der Waals surface area contributed by atoms with E-state index in [0.717, 1.165) is 23.4 Å². The van der Waals surface area contributed by atoms with E-state index < -0.39 is 0 Å². The molecule has 4 heteroatoms. The van der Waals surface area contributed by atoms with Gasteiger partial charge in [-0.25, -0.2) is 0 Å². The molecular weight excluding hydrogens is 300 g/mol. The average molecular weight is 326 g/mol. The zero-order chi connectivity index (χ0) is 17.4. The van der Waals surface area contributed by atoms with Crippen molar-refractivity contribution in [3.8, 4) is 5.75 Å². The van der Waals surface area contributed by atoms with Crippen LogP contribution < -0.4 is 15.4 Å². The molecule has 2 N–H and O–H groups in total. The smallest absolute Gasteiger partial charge is 0.251 e. The summed E-state index contributed by atoms with van der Waals surface area (Å²) in [7, 11) is 0. The fourth-order valence-electron chi connectivity index (χ4n) is 2.31. The van der Waals surface area contributed by atoms with Gasteiger partial charge >= 0.3 is 0 Å². The molecule has 0 heterocycles. The summed E-state index contributed by atoms with van der Waals surface area (Å²) in [5.74, 6) is 0.848. The molecule has 0 aliphatic carbocycles. The summed E-state index contributed by atoms with van der Waals surface area (Å²) in [6, 6.07) is 15.6. The summed E-state index contributed by atoms with van der Waals surface area (Å²) < 4.78 is 5.69. The van der Waals surface area contributed by atoms with Crippen molar-refractivity contribution < 1.29 is 9.53 Å². The van der Waals surface area contributed by atoms with E-state index in [2.05, 4.69) is 16.7 Å². The fourth-order valence-corrected chi connectivity index (χ4v) is 2.31. The van der Waals surface area contributed by atoms with Gasteiger partial charge in [-0.1, -0.05) is 29.8 Å². The van der Waals surface area contributed by atoms with Gasteiger partial charge in [-0.05, 0) is 50.6 Å². The number of amides is 1. The molecule has 2 aromatic rings. The maximum Gasteiger partial charge on any atom is 0.251 e. The van der Waals surface area contributed by atoms with E-state index in [-0.39, 0.29) is 12.0 Å². The predicted molar refractivity (Wildman–Crippen MR) is 97.4 cm³/mol. The zero-order valence-electron chi connectivity index (χ0n) is 14.6. The summed E-state index contributed by atoms with van der Waals surface area (Å²) >= 11 is 0. The molecule has 128 valence electrons. The first kappa shape index (κ1) is 18.0. The lowest BCUT2D eigenvalue weighted by Gasteiger charge is -2.11. The van der Waals surface area contributed by atoms with Crippen molar-refractivity contribution in [1.29, 1.82) is 0 Å². The van der Waals surface area contributed by atoms with E-state index in [0.29, 0.717) is 18.7 Å². The molecule has 0 aromatic heterocycles. The first-order valence-corrected chi connectivity index (χ1v) is 8.36. The average Bonchev–Trinajstić information content (AvgIpc) is 2.55. The Hall–Kier alpha value is -2.33. The van der Waals surface area contributed by atoms with E-state index in [4.69, 9.17) is 4.74 Å². The molecule has 0 spiro atoms. The van der Waals surface area contributed by atoms with Crippen LogP contribution in [0.4, 0.5) is 0 Å². The van der Waals surface area contributed by atoms with Gasteiger partial charge in [0.25, 0.3) is 5.91 Å². The third-order valence-corrected chi connectivity index (χ3v) is 3.50. The monoisotopic (exact) mass is 326 g/mol. The summed E-state index contributed by atoms with van der Waals surface area (Å²) in [6.07, 6.45) is 0.171. The molecule has 1 amide bonds. The quantitative estimate of drug-likeness (QED) is 0.732. The van der Waals surface area contributed by atoms with Crippen molar-refractivity contribution in [3.63, 3.8) is 0 Å². The normalized spacial score (nSPS) is 10.7. The van der Waals surface area contributed by atoms with Crippen LogP contribution in [0.15, 0.2) is 48.5 Å². The number of hydrogen-bond donors (Lipinski definition) is 2. The summed E-state index contributed by atoms with van der Waals surface area (Å²) in [5.41, 5.74) is 3.01. The van der Waals surface area contributed by atoms with Gasteiger partial charge in [-0.2, -0.15) is 0 Å². The zero-order valence-corrected chi connectivity index (χ0v) is 14.6. The van der Waals surface area contributed by atoms with Gasteiger partial charge in [-0.3, -0.25) is 4.79 Å². The first-order valence-electron chi connectivity index (χ1n) is 8.36. The highest BCUT2D eigenvalue weighted by atomic mass is 16.5. The van der Waals surface area contributed by atoms with Gasteiger partial charge < -0.3 is 15.4 Å². The van der Waals surface area contributed by atoms with E-state index in [9.17, 15) is 4.79 Å². The molecule has 0 aliphatic heterocycles. The number of nitrogens with one attached hydrogen (secondary N) is 2. The molecular formula is C20H26N2O2. The highest BCUT2D eigenvalue weighted by Crippen LogP contribution is 2.14. The van der Waals surface area contributed by atoms with Gasteiger partial charge in [-0.15, -0.1) is 0 Å². The SMILES string of the molecule is Cc1ccc(C(=O)NCCNCc2cccc(OC(C)C)c2)cc1. The topological polar surface area (TPSA) is 50.4 Å². The molecule has 0 fully saturated rings. The highest BCUT2D eigenvalue weighted by Gasteiger charge is 2.04. The van der Waals surface area contributed by atoms with Gasteiger partial charge in [0.05, 0.1) is 6.10 Å². The third-order valence-electron chi connectivity index (χ3n) is 3.50. The minimum atomic E-state index is -0.0378. The number of rotatable bonds is 8. The van der Waals surface area contributed by atoms with Crippen LogP contribution in [0.2, 0.25) is 0 Å². The number of benzene rings is 2. The van der Waals surface area contributed by atoms with Crippen molar-refractivity contribution >= 4 is 5.91 Å². The minimum absolute atomic E-state index is 0.0378. The van der Waals surface area contributed by atoms with E-state index in [1.54, 1.807) is 0 Å². The molecule has 2 rings (SSSR count). The van der Waals surface area contributed by atoms with E-state index >= 15 is 0 Å². The van der Waals surface area contributed by atoms with Gasteiger partial charge in [0.2, 0.25) is 0 Å². The Morgan fingerprint density at radius 1 is 1.08 bits per heavy atom. The van der Waals surface area contributed by atoms with Crippen LogP contribution in [0.25, 0.3) is 0 Å². The Kier molecular flexibility index (Phi) is 6.82. The minimum Gasteiger partial charge on any atom is -0.491 e. The van der Waals surface area contributed by atoms with Gasteiger partial charge in [0.15, 0.2) is 0 Å². The number of aryl methyl sites for hydroxylation is 1. The van der Waals surface area contributed by atoms with Crippen LogP contribution in [-0.4, -0.2) is 25.1 Å². The highest BCUT2D eigenvalue weighted by molar-refractivity contribution is 5.94. The molecule has 0 saturated carbocycles. The molecule has 0 aliphatic rings. The largest absolute Gasteiger partial charge is 0.491 e. The summed E-state index contributed by atoms with van der Waals surface area (Å²) in [6.45, 7) is 8.09. The number of hydrogen-bond acceptors (Lipinski definition) is 3. The first-order chi connectivity index (χ1) is 11.5. The van der Waals surface area contributed by atoms with E-state index in [1.807, 2.05) is 63.2 Å². The fraction of sp³-hybridized carbons (Fsp3) is 0.350. The molecule has 0 saturated heterocycles. The Morgan fingerprint density at radius 3 is 2.54 bits per heavy atom. The molecule has 0 radical (unpaired) electrons. The Labute approximate surface area is 144 Å². The van der Waals surface area contributed by atoms with Gasteiger partial charge in [0, 0.05) is 25.2 Å². The number of carbonyl (C=O) groups is 1. The van der Waals surface area contributed by atoms with Crippen LogP contribution in [0.5, 0.6) is 5.75 Å². The lowest BCUT2D eigenvalue weighted by atomic mass is 10.1. The third kappa shape index (κ3) is 6.05.